The third-order valence-electron chi connectivity index (χ3n) is 5.07. The van der Waals surface area contributed by atoms with Gasteiger partial charge >= 0.3 is 5.97 Å². The van der Waals surface area contributed by atoms with Crippen molar-refractivity contribution < 1.29 is 14.7 Å². The molecule has 1 amide bonds. The fraction of sp³-hybridized carbons (Fsp3) is 0.450. The van der Waals surface area contributed by atoms with Gasteiger partial charge in [0.05, 0.1) is 18.0 Å². The number of nitrogens with zero attached hydrogens (tertiary/aromatic N) is 2. The summed E-state index contributed by atoms with van der Waals surface area (Å²) in [7, 11) is 0. The van der Waals surface area contributed by atoms with E-state index in [2.05, 4.69) is 36.2 Å². The van der Waals surface area contributed by atoms with Gasteiger partial charge in [-0.05, 0) is 24.3 Å². The monoisotopic (exact) mass is 372 g/mol. The summed E-state index contributed by atoms with van der Waals surface area (Å²) in [6.45, 7) is 5.04. The maximum Gasteiger partial charge on any atom is 0.306 e. The Kier molecular flexibility index (Phi) is 5.71. The van der Waals surface area contributed by atoms with E-state index < -0.39 is 5.97 Å². The SMILES string of the molecule is CCc1ccc(-c2nc(CC(=O)N3CCC(C(=O)O)C(C)C3)cs2)cc1. The number of carboxylic acid groups (broad SMARTS) is 1. The number of carbonyl (C=O) groups excluding carboxylic acids is 1. The summed E-state index contributed by atoms with van der Waals surface area (Å²) in [4.78, 5) is 30.1. The summed E-state index contributed by atoms with van der Waals surface area (Å²) >= 11 is 1.55. The minimum absolute atomic E-state index is 0.0201. The van der Waals surface area contributed by atoms with E-state index in [-0.39, 0.29) is 24.2 Å². The van der Waals surface area contributed by atoms with Crippen molar-refractivity contribution in [2.45, 2.75) is 33.1 Å². The average molecular weight is 372 g/mol. The number of likely N-dealkylation sites (tertiary alicyclic amines) is 1. The summed E-state index contributed by atoms with van der Waals surface area (Å²) in [6.07, 6.45) is 1.80. The summed E-state index contributed by atoms with van der Waals surface area (Å²) in [6, 6.07) is 8.36. The van der Waals surface area contributed by atoms with Crippen LogP contribution in [-0.2, 0) is 22.4 Å². The van der Waals surface area contributed by atoms with Crippen molar-refractivity contribution in [1.82, 2.24) is 9.88 Å². The van der Waals surface area contributed by atoms with Gasteiger partial charge in [0, 0.05) is 24.0 Å². The maximum absolute atomic E-state index is 12.6. The van der Waals surface area contributed by atoms with Crippen LogP contribution < -0.4 is 0 Å². The molecule has 5 nitrogen and oxygen atoms in total. The number of thiazole rings is 1. The van der Waals surface area contributed by atoms with Crippen LogP contribution in [0.2, 0.25) is 0 Å². The lowest BCUT2D eigenvalue weighted by molar-refractivity contribution is -0.148. The highest BCUT2D eigenvalue weighted by molar-refractivity contribution is 7.13. The molecule has 138 valence electrons. The molecule has 1 aromatic carbocycles. The van der Waals surface area contributed by atoms with Crippen molar-refractivity contribution in [3.05, 3.63) is 40.9 Å². The minimum Gasteiger partial charge on any atom is -0.481 e. The smallest absolute Gasteiger partial charge is 0.306 e. The van der Waals surface area contributed by atoms with Crippen LogP contribution in [0.25, 0.3) is 10.6 Å². The van der Waals surface area contributed by atoms with Gasteiger partial charge in [0.2, 0.25) is 5.91 Å². The second kappa shape index (κ2) is 7.99. The number of hydrogen-bond donors (Lipinski definition) is 1. The predicted molar refractivity (Wildman–Crippen MR) is 102 cm³/mol. The van der Waals surface area contributed by atoms with E-state index in [1.165, 1.54) is 5.56 Å². The van der Waals surface area contributed by atoms with Gasteiger partial charge in [-0.1, -0.05) is 38.1 Å². The first kappa shape index (κ1) is 18.6. The second-order valence-corrected chi connectivity index (χ2v) is 7.78. The molecule has 2 heterocycles. The zero-order chi connectivity index (χ0) is 18.7. The van der Waals surface area contributed by atoms with Crippen molar-refractivity contribution >= 4 is 23.2 Å². The summed E-state index contributed by atoms with van der Waals surface area (Å²) in [5.74, 6) is -1.11. The number of rotatable bonds is 5. The summed E-state index contributed by atoms with van der Waals surface area (Å²) in [5.41, 5.74) is 3.14. The predicted octanol–water partition coefficient (Wildman–Crippen LogP) is 3.48. The van der Waals surface area contributed by atoms with Crippen LogP contribution in [0.1, 0.15) is 31.5 Å². The van der Waals surface area contributed by atoms with Crippen LogP contribution in [0, 0.1) is 11.8 Å². The molecule has 2 aromatic rings. The Morgan fingerprint density at radius 3 is 2.65 bits per heavy atom. The third kappa shape index (κ3) is 4.12. The van der Waals surface area contributed by atoms with E-state index in [1.54, 1.807) is 16.2 Å². The van der Waals surface area contributed by atoms with E-state index in [0.29, 0.717) is 19.5 Å². The van der Waals surface area contributed by atoms with Crippen molar-refractivity contribution in [3.63, 3.8) is 0 Å². The maximum atomic E-state index is 12.6. The number of benzene rings is 1. The van der Waals surface area contributed by atoms with Gasteiger partial charge in [-0.15, -0.1) is 11.3 Å². The molecule has 1 N–H and O–H groups in total. The molecule has 1 saturated heterocycles. The van der Waals surface area contributed by atoms with Crippen LogP contribution >= 0.6 is 11.3 Å². The summed E-state index contributed by atoms with van der Waals surface area (Å²) in [5, 5.41) is 12.1. The normalized spacial score (nSPS) is 20.2. The first-order valence-corrected chi connectivity index (χ1v) is 9.90. The molecule has 2 unspecified atom stereocenters. The molecule has 0 aliphatic carbocycles. The fourth-order valence-corrected chi connectivity index (χ4v) is 4.24. The van der Waals surface area contributed by atoms with E-state index in [0.717, 1.165) is 22.7 Å². The molecule has 1 aliphatic rings. The quantitative estimate of drug-likeness (QED) is 0.872. The van der Waals surface area contributed by atoms with E-state index in [1.807, 2.05) is 12.3 Å². The number of aliphatic carboxylic acids is 1. The van der Waals surface area contributed by atoms with E-state index in [4.69, 9.17) is 0 Å². The fourth-order valence-electron chi connectivity index (χ4n) is 3.41. The van der Waals surface area contributed by atoms with Crippen molar-refractivity contribution in [3.8, 4) is 10.6 Å². The first-order valence-electron chi connectivity index (χ1n) is 9.02. The molecule has 26 heavy (non-hydrogen) atoms. The molecular formula is C20H24N2O3S. The van der Waals surface area contributed by atoms with Gasteiger partial charge in [0.15, 0.2) is 0 Å². The van der Waals surface area contributed by atoms with Gasteiger partial charge in [-0.25, -0.2) is 4.98 Å². The number of piperidine rings is 1. The van der Waals surface area contributed by atoms with Crippen molar-refractivity contribution in [2.75, 3.05) is 13.1 Å². The molecule has 0 spiro atoms. The minimum atomic E-state index is -0.761. The Hall–Kier alpha value is -2.21. The Morgan fingerprint density at radius 1 is 1.31 bits per heavy atom. The highest BCUT2D eigenvalue weighted by Gasteiger charge is 2.33. The molecule has 0 bridgehead atoms. The lowest BCUT2D eigenvalue weighted by Crippen LogP contribution is -2.45. The van der Waals surface area contributed by atoms with Crippen molar-refractivity contribution in [1.29, 1.82) is 0 Å². The van der Waals surface area contributed by atoms with Crippen LogP contribution in [0.3, 0.4) is 0 Å². The zero-order valence-corrected chi connectivity index (χ0v) is 16.0. The molecule has 2 atom stereocenters. The van der Waals surface area contributed by atoms with Gasteiger partial charge in [-0.2, -0.15) is 0 Å². The topological polar surface area (TPSA) is 70.5 Å². The largest absolute Gasteiger partial charge is 0.481 e. The molecule has 3 rings (SSSR count). The number of amides is 1. The highest BCUT2D eigenvalue weighted by Crippen LogP contribution is 2.26. The van der Waals surface area contributed by atoms with Gasteiger partial charge < -0.3 is 10.0 Å². The number of carboxylic acids is 1. The number of hydrogen-bond acceptors (Lipinski definition) is 4. The Morgan fingerprint density at radius 2 is 2.04 bits per heavy atom. The van der Waals surface area contributed by atoms with E-state index in [9.17, 15) is 14.7 Å². The first-order chi connectivity index (χ1) is 12.5. The van der Waals surface area contributed by atoms with E-state index >= 15 is 0 Å². The molecule has 6 heteroatoms. The summed E-state index contributed by atoms with van der Waals surface area (Å²) < 4.78 is 0. The molecular weight excluding hydrogens is 348 g/mol. The highest BCUT2D eigenvalue weighted by atomic mass is 32.1. The molecule has 0 saturated carbocycles. The third-order valence-corrected chi connectivity index (χ3v) is 6.01. The average Bonchev–Trinajstić information content (AvgIpc) is 3.09. The van der Waals surface area contributed by atoms with Crippen LogP contribution in [0.5, 0.6) is 0 Å². The molecule has 1 aromatic heterocycles. The Labute approximate surface area is 157 Å². The van der Waals surface area contributed by atoms with Crippen LogP contribution in [-0.4, -0.2) is 40.0 Å². The molecule has 1 aliphatic heterocycles. The van der Waals surface area contributed by atoms with Crippen LogP contribution in [0.4, 0.5) is 0 Å². The zero-order valence-electron chi connectivity index (χ0n) is 15.1. The molecule has 1 fully saturated rings. The number of aryl methyl sites for hydroxylation is 1. The lowest BCUT2D eigenvalue weighted by Gasteiger charge is -2.34. The van der Waals surface area contributed by atoms with Crippen molar-refractivity contribution in [2.24, 2.45) is 11.8 Å². The van der Waals surface area contributed by atoms with Crippen LogP contribution in [0.15, 0.2) is 29.6 Å². The Balaban J connectivity index is 1.62. The standard InChI is InChI=1S/C20H24N2O3S/c1-3-14-4-6-15(7-5-14)19-21-16(12-26-19)10-18(23)22-9-8-17(20(24)25)13(2)11-22/h4-7,12-13,17H,3,8-11H2,1-2H3,(H,24,25). The van der Waals surface area contributed by atoms with Gasteiger partial charge in [0.1, 0.15) is 5.01 Å². The number of aromatic nitrogens is 1. The van der Waals surface area contributed by atoms with Gasteiger partial charge in [-0.3, -0.25) is 9.59 Å². The lowest BCUT2D eigenvalue weighted by atomic mass is 9.87. The Bertz CT molecular complexity index is 785. The van der Waals surface area contributed by atoms with Gasteiger partial charge in [0.25, 0.3) is 0 Å². The molecule has 0 radical (unpaired) electrons. The second-order valence-electron chi connectivity index (χ2n) is 6.92. The number of carbonyl (C=O) groups is 2.